The molecule has 0 aromatic heterocycles. The van der Waals surface area contributed by atoms with Gasteiger partial charge in [0.15, 0.2) is 0 Å². The van der Waals surface area contributed by atoms with Crippen LogP contribution in [0.15, 0.2) is 11.1 Å². The van der Waals surface area contributed by atoms with Crippen LogP contribution in [0.5, 0.6) is 0 Å². The van der Waals surface area contributed by atoms with Gasteiger partial charge in [0.2, 0.25) is 5.24 Å². The van der Waals surface area contributed by atoms with Crippen molar-refractivity contribution in [1.82, 2.24) is 0 Å². The highest BCUT2D eigenvalue weighted by molar-refractivity contribution is 6.67. The minimum absolute atomic E-state index is 0.393. The number of halogens is 1. The Morgan fingerprint density at radius 3 is 2.11 bits per heavy atom. The third-order valence-corrected chi connectivity index (χ3v) is 1.52. The first-order chi connectivity index (χ1) is 4.09. The molecule has 0 saturated carbocycles. The van der Waals surface area contributed by atoms with E-state index in [1.54, 1.807) is 13.8 Å². The van der Waals surface area contributed by atoms with Crippen LogP contribution >= 0.6 is 11.6 Å². The van der Waals surface area contributed by atoms with E-state index in [1.807, 2.05) is 0 Å². The molecule has 0 rings (SSSR count). The van der Waals surface area contributed by atoms with Gasteiger partial charge in [0, 0.05) is 12.1 Å². The number of hydrogen-bond donors (Lipinski definition) is 1. The topological polar surface area (TPSA) is 43.1 Å². The molecule has 0 saturated heterocycles. The van der Waals surface area contributed by atoms with Crippen molar-refractivity contribution >= 4 is 16.8 Å². The summed E-state index contributed by atoms with van der Waals surface area (Å²) in [6, 6.07) is 0. The summed E-state index contributed by atoms with van der Waals surface area (Å²) in [5, 5.41) is -0.419. The number of rotatable bonds is 2. The fraction of sp³-hybridized carbons (Fsp3) is 0.500. The van der Waals surface area contributed by atoms with Crippen molar-refractivity contribution in [3.63, 3.8) is 0 Å². The lowest BCUT2D eigenvalue weighted by atomic mass is 10.2. The smallest absolute Gasteiger partial charge is 0.248 e. The lowest BCUT2D eigenvalue weighted by Crippen LogP contribution is -2.04. The quantitative estimate of drug-likeness (QED) is 0.469. The summed E-state index contributed by atoms with van der Waals surface area (Å²) in [6.07, 6.45) is 0. The molecule has 0 aliphatic carbocycles. The van der Waals surface area contributed by atoms with Gasteiger partial charge in [0.1, 0.15) is 0 Å². The van der Waals surface area contributed by atoms with Gasteiger partial charge in [-0.2, -0.15) is 0 Å². The van der Waals surface area contributed by atoms with E-state index in [1.165, 1.54) is 0 Å². The Morgan fingerprint density at radius 1 is 1.56 bits per heavy atom. The number of carbonyl (C=O) groups is 1. The maximum absolute atomic E-state index is 10.4. The van der Waals surface area contributed by atoms with Gasteiger partial charge < -0.3 is 5.73 Å². The summed E-state index contributed by atoms with van der Waals surface area (Å²) in [4.78, 5) is 10.4. The largest absolute Gasteiger partial charge is 0.327 e. The minimum atomic E-state index is -0.419. The molecule has 0 atom stereocenters. The van der Waals surface area contributed by atoms with Crippen molar-refractivity contribution in [3.8, 4) is 0 Å². The van der Waals surface area contributed by atoms with Crippen molar-refractivity contribution in [2.45, 2.75) is 13.8 Å². The normalized spacial score (nSPS) is 12.9. The van der Waals surface area contributed by atoms with Crippen molar-refractivity contribution < 1.29 is 4.79 Å². The molecule has 9 heavy (non-hydrogen) atoms. The van der Waals surface area contributed by atoms with Gasteiger partial charge in [-0.05, 0) is 25.4 Å². The highest BCUT2D eigenvalue weighted by atomic mass is 35.5. The third-order valence-electron chi connectivity index (χ3n) is 1.24. The van der Waals surface area contributed by atoms with E-state index >= 15 is 0 Å². The molecule has 0 spiro atoms. The fourth-order valence-electron chi connectivity index (χ4n) is 0.321. The Balaban J connectivity index is 4.28. The molecule has 2 nitrogen and oxygen atoms in total. The predicted octanol–water partition coefficient (Wildman–Crippen LogP) is 1.05. The highest BCUT2D eigenvalue weighted by Crippen LogP contribution is 2.04. The van der Waals surface area contributed by atoms with Gasteiger partial charge in [-0.3, -0.25) is 4.79 Å². The van der Waals surface area contributed by atoms with Crippen molar-refractivity contribution in [2.75, 3.05) is 6.54 Å². The van der Waals surface area contributed by atoms with Gasteiger partial charge in [-0.25, -0.2) is 0 Å². The van der Waals surface area contributed by atoms with Crippen LogP contribution < -0.4 is 5.73 Å². The van der Waals surface area contributed by atoms with E-state index < -0.39 is 5.24 Å². The van der Waals surface area contributed by atoms with Crippen LogP contribution in [0.3, 0.4) is 0 Å². The second kappa shape index (κ2) is 3.64. The first-order valence-corrected chi connectivity index (χ1v) is 3.03. The van der Waals surface area contributed by atoms with E-state index in [2.05, 4.69) is 0 Å². The third kappa shape index (κ3) is 2.63. The molecule has 0 aliphatic heterocycles. The Hall–Kier alpha value is -0.340. The van der Waals surface area contributed by atoms with E-state index in [0.717, 1.165) is 5.57 Å². The van der Waals surface area contributed by atoms with Gasteiger partial charge >= 0.3 is 0 Å². The molecule has 0 aliphatic rings. The first kappa shape index (κ1) is 8.66. The van der Waals surface area contributed by atoms with Gasteiger partial charge in [-0.15, -0.1) is 0 Å². The molecule has 3 heteroatoms. The average molecular weight is 148 g/mol. The van der Waals surface area contributed by atoms with E-state index in [9.17, 15) is 4.79 Å². The van der Waals surface area contributed by atoms with Crippen LogP contribution in [0.4, 0.5) is 0 Å². The summed E-state index contributed by atoms with van der Waals surface area (Å²) >= 11 is 5.15. The predicted molar refractivity (Wildman–Crippen MR) is 38.3 cm³/mol. The number of hydrogen-bond acceptors (Lipinski definition) is 2. The molecule has 0 aromatic rings. The molecule has 0 unspecified atom stereocenters. The van der Waals surface area contributed by atoms with Crippen LogP contribution in [0.2, 0.25) is 0 Å². The molecule has 0 radical (unpaired) electrons. The lowest BCUT2D eigenvalue weighted by Gasteiger charge is -1.97. The van der Waals surface area contributed by atoms with E-state index in [-0.39, 0.29) is 0 Å². The molecule has 0 fully saturated rings. The summed E-state index contributed by atoms with van der Waals surface area (Å²) < 4.78 is 0. The van der Waals surface area contributed by atoms with E-state index in [4.69, 9.17) is 17.3 Å². The van der Waals surface area contributed by atoms with Gasteiger partial charge in [-0.1, -0.05) is 5.57 Å². The summed E-state index contributed by atoms with van der Waals surface area (Å²) in [6.45, 7) is 3.84. The number of carbonyl (C=O) groups excluding carboxylic acids is 1. The van der Waals surface area contributed by atoms with Crippen LogP contribution in [0, 0.1) is 0 Å². The first-order valence-electron chi connectivity index (χ1n) is 2.65. The maximum Gasteiger partial charge on any atom is 0.248 e. The summed E-state index contributed by atoms with van der Waals surface area (Å²) in [7, 11) is 0. The lowest BCUT2D eigenvalue weighted by molar-refractivity contribution is -0.108. The second-order valence-electron chi connectivity index (χ2n) is 1.88. The summed E-state index contributed by atoms with van der Waals surface area (Å²) in [5.41, 5.74) is 6.64. The van der Waals surface area contributed by atoms with E-state index in [0.29, 0.717) is 12.1 Å². The maximum atomic E-state index is 10.4. The molecular formula is C6H10ClNO. The van der Waals surface area contributed by atoms with Crippen molar-refractivity contribution in [1.29, 1.82) is 0 Å². The molecule has 0 bridgehead atoms. The van der Waals surface area contributed by atoms with Crippen LogP contribution in [-0.2, 0) is 4.79 Å². The monoisotopic (exact) mass is 147 g/mol. The van der Waals surface area contributed by atoms with Crippen molar-refractivity contribution in [3.05, 3.63) is 11.1 Å². The molecule has 0 heterocycles. The summed E-state index contributed by atoms with van der Waals surface area (Å²) in [5.74, 6) is 0. The Bertz CT molecular complexity index is 151. The van der Waals surface area contributed by atoms with Crippen LogP contribution in [0.1, 0.15) is 13.8 Å². The molecule has 0 aromatic carbocycles. The number of nitrogens with two attached hydrogens (primary N) is 1. The van der Waals surface area contributed by atoms with Gasteiger partial charge in [0.05, 0.1) is 0 Å². The van der Waals surface area contributed by atoms with Gasteiger partial charge in [0.25, 0.3) is 0 Å². The molecule has 2 N–H and O–H groups in total. The standard InChI is InChI=1S/C6H10ClNO/c1-4(3-8)5(2)6(7)9/h3,8H2,1-2H3/b5-4+. The Labute approximate surface area is 59.7 Å². The fourth-order valence-corrected chi connectivity index (χ4v) is 0.482. The SMILES string of the molecule is C/C(CN)=C(/C)C(=O)Cl. The second-order valence-corrected chi connectivity index (χ2v) is 2.23. The zero-order valence-corrected chi connectivity index (χ0v) is 6.33. The molecule has 0 amide bonds. The average Bonchev–Trinajstić information content (AvgIpc) is 1.84. The van der Waals surface area contributed by atoms with Crippen LogP contribution in [0.25, 0.3) is 0 Å². The Morgan fingerprint density at radius 2 is 2.00 bits per heavy atom. The number of allylic oxidation sites excluding steroid dienone is 1. The minimum Gasteiger partial charge on any atom is -0.327 e. The highest BCUT2D eigenvalue weighted by Gasteiger charge is 2.01. The zero-order valence-electron chi connectivity index (χ0n) is 5.57. The van der Waals surface area contributed by atoms with Crippen molar-refractivity contribution in [2.24, 2.45) is 5.73 Å². The zero-order chi connectivity index (χ0) is 7.44. The molecule has 52 valence electrons. The molecular weight excluding hydrogens is 138 g/mol. The van der Waals surface area contributed by atoms with Crippen LogP contribution in [-0.4, -0.2) is 11.8 Å². The Kier molecular flexibility index (Phi) is 3.50.